The van der Waals surface area contributed by atoms with Crippen molar-refractivity contribution in [1.82, 2.24) is 14.9 Å². The van der Waals surface area contributed by atoms with Crippen LogP contribution in [-0.2, 0) is 11.3 Å². The van der Waals surface area contributed by atoms with Gasteiger partial charge in [-0.15, -0.1) is 0 Å². The summed E-state index contributed by atoms with van der Waals surface area (Å²) in [6.45, 7) is 7.11. The zero-order valence-corrected chi connectivity index (χ0v) is 19.0. The number of ether oxygens (including phenoxy) is 2. The zero-order chi connectivity index (χ0) is 22.6. The van der Waals surface area contributed by atoms with E-state index in [2.05, 4.69) is 14.9 Å². The number of aromatic nitrogens is 2. The number of rotatable bonds is 10. The van der Waals surface area contributed by atoms with Gasteiger partial charge in [0, 0.05) is 24.3 Å². The van der Waals surface area contributed by atoms with E-state index in [1.807, 2.05) is 6.07 Å². The van der Waals surface area contributed by atoms with Crippen LogP contribution >= 0.6 is 0 Å². The lowest BCUT2D eigenvalue weighted by Crippen LogP contribution is -2.41. The quantitative estimate of drug-likeness (QED) is 0.512. The Morgan fingerprint density at radius 1 is 1.03 bits per heavy atom. The van der Waals surface area contributed by atoms with Gasteiger partial charge in [0.2, 0.25) is 0 Å². The summed E-state index contributed by atoms with van der Waals surface area (Å²) < 4.78 is 39.7. The molecule has 1 aliphatic heterocycles. The van der Waals surface area contributed by atoms with Crippen LogP contribution in [0, 0.1) is 17.7 Å². The minimum atomic E-state index is -1.16. The number of alkyl halides is 1. The monoisotopic (exact) mass is 445 g/mol. The molecule has 2 heterocycles. The van der Waals surface area contributed by atoms with E-state index in [9.17, 15) is 8.78 Å². The third-order valence-electron chi connectivity index (χ3n) is 6.04. The van der Waals surface area contributed by atoms with Gasteiger partial charge >= 0.3 is 0 Å². The summed E-state index contributed by atoms with van der Waals surface area (Å²) in [4.78, 5) is 10.9. The highest BCUT2D eigenvalue weighted by Crippen LogP contribution is 2.29. The molecule has 0 spiro atoms. The van der Waals surface area contributed by atoms with Gasteiger partial charge in [-0.25, -0.2) is 18.7 Å². The maximum Gasteiger partial charge on any atom is 0.159 e. The summed E-state index contributed by atoms with van der Waals surface area (Å²) in [6, 6.07) is 5.02. The Morgan fingerprint density at radius 2 is 1.72 bits per heavy atom. The Hall–Kier alpha value is -2.12. The van der Waals surface area contributed by atoms with Crippen LogP contribution in [0.3, 0.4) is 0 Å². The lowest BCUT2D eigenvalue weighted by Gasteiger charge is -2.34. The molecule has 1 aromatic heterocycles. The predicted octanol–water partition coefficient (Wildman–Crippen LogP) is 5.05. The molecule has 1 saturated heterocycles. The molecule has 7 heteroatoms. The molecule has 0 unspecified atom stereocenters. The largest absolute Gasteiger partial charge is 0.490 e. The molecule has 0 amide bonds. The third-order valence-corrected chi connectivity index (χ3v) is 6.04. The van der Waals surface area contributed by atoms with Crippen molar-refractivity contribution in [3.8, 4) is 17.1 Å². The van der Waals surface area contributed by atoms with Gasteiger partial charge < -0.3 is 14.4 Å². The van der Waals surface area contributed by atoms with Crippen molar-refractivity contribution in [2.24, 2.45) is 11.8 Å². The Morgan fingerprint density at radius 3 is 2.34 bits per heavy atom. The molecule has 0 atom stereocenters. The minimum absolute atomic E-state index is 0.292. The summed E-state index contributed by atoms with van der Waals surface area (Å²) >= 11 is 0. The van der Waals surface area contributed by atoms with Crippen LogP contribution < -0.4 is 4.74 Å². The van der Waals surface area contributed by atoms with Crippen LogP contribution in [0.5, 0.6) is 5.75 Å². The first-order valence-electron chi connectivity index (χ1n) is 11.6. The molecule has 0 bridgehead atoms. The van der Waals surface area contributed by atoms with Gasteiger partial charge in [0.15, 0.2) is 11.6 Å². The average molecular weight is 446 g/mol. The fourth-order valence-electron chi connectivity index (χ4n) is 4.02. The van der Waals surface area contributed by atoms with Gasteiger partial charge in [-0.05, 0) is 70.5 Å². The van der Waals surface area contributed by atoms with Gasteiger partial charge in [-0.1, -0.05) is 12.1 Å². The molecule has 2 aromatic rings. The van der Waals surface area contributed by atoms with Crippen molar-refractivity contribution in [2.45, 2.75) is 51.8 Å². The van der Waals surface area contributed by atoms with Crippen molar-refractivity contribution >= 4 is 0 Å². The topological polar surface area (TPSA) is 47.5 Å². The van der Waals surface area contributed by atoms with E-state index in [0.29, 0.717) is 60.9 Å². The summed E-state index contributed by atoms with van der Waals surface area (Å²) in [5.74, 6) is 1.87. The molecule has 1 aromatic carbocycles. The van der Waals surface area contributed by atoms with Crippen molar-refractivity contribution in [1.29, 1.82) is 0 Å². The predicted molar refractivity (Wildman–Crippen MR) is 120 cm³/mol. The third kappa shape index (κ3) is 6.94. The molecule has 2 aliphatic rings. The van der Waals surface area contributed by atoms with Crippen molar-refractivity contribution < 1.29 is 18.3 Å². The van der Waals surface area contributed by atoms with E-state index in [1.54, 1.807) is 32.3 Å². The first kappa shape index (κ1) is 23.1. The Labute approximate surface area is 189 Å². The molecule has 0 radical (unpaired) electrons. The van der Waals surface area contributed by atoms with Crippen LogP contribution in [0.15, 0.2) is 30.6 Å². The van der Waals surface area contributed by atoms with E-state index >= 15 is 0 Å². The number of hydrogen-bond acceptors (Lipinski definition) is 5. The van der Waals surface area contributed by atoms with E-state index in [0.717, 1.165) is 25.9 Å². The molecular formula is C25H33F2N3O2. The number of halogens is 2. The number of nitrogens with zero attached hydrogens (tertiary/aromatic N) is 3. The Bertz CT molecular complexity index is 874. The van der Waals surface area contributed by atoms with Crippen LogP contribution in [0.2, 0.25) is 0 Å². The maximum absolute atomic E-state index is 14.4. The number of benzene rings is 1. The zero-order valence-electron chi connectivity index (χ0n) is 19.0. The van der Waals surface area contributed by atoms with E-state index in [1.165, 1.54) is 18.9 Å². The molecule has 1 saturated carbocycles. The van der Waals surface area contributed by atoms with Gasteiger partial charge in [-0.2, -0.15) is 0 Å². The summed E-state index contributed by atoms with van der Waals surface area (Å²) in [6.07, 6.45) is 7.69. The highest BCUT2D eigenvalue weighted by molar-refractivity contribution is 5.55. The van der Waals surface area contributed by atoms with Crippen LogP contribution in [0.4, 0.5) is 8.78 Å². The SMILES string of the molecule is CC(C)(F)CN1CCC(COc2cnc(-c3ccc(COCC4CC4)c(F)c3)nc2)CC1. The Kier molecular flexibility index (Phi) is 7.36. The van der Waals surface area contributed by atoms with Crippen molar-refractivity contribution in [2.75, 3.05) is 32.8 Å². The number of likely N-dealkylation sites (tertiary alicyclic amines) is 1. The molecule has 0 N–H and O–H groups in total. The summed E-state index contributed by atoms with van der Waals surface area (Å²) in [7, 11) is 0. The number of piperidine rings is 1. The second-order valence-electron chi connectivity index (χ2n) is 9.76. The number of hydrogen-bond donors (Lipinski definition) is 0. The fourth-order valence-corrected chi connectivity index (χ4v) is 4.02. The first-order valence-corrected chi connectivity index (χ1v) is 11.6. The van der Waals surface area contributed by atoms with E-state index < -0.39 is 5.67 Å². The summed E-state index contributed by atoms with van der Waals surface area (Å²) in [5, 5.41) is 0. The molecule has 2 fully saturated rings. The lowest BCUT2D eigenvalue weighted by molar-refractivity contribution is 0.0835. The normalized spacial score (nSPS) is 18.1. The first-order chi connectivity index (χ1) is 15.4. The molecular weight excluding hydrogens is 412 g/mol. The highest BCUT2D eigenvalue weighted by Gasteiger charge is 2.25. The van der Waals surface area contributed by atoms with Crippen LogP contribution in [0.1, 0.15) is 45.1 Å². The second-order valence-corrected chi connectivity index (χ2v) is 9.76. The van der Waals surface area contributed by atoms with Gasteiger partial charge in [0.25, 0.3) is 0 Å². The standard InChI is InChI=1S/C25H33F2N3O2/c1-25(2,27)17-30-9-7-19(8-10-30)15-32-22-12-28-24(29-13-22)20-5-6-21(23(26)11-20)16-31-14-18-3-4-18/h5-6,11-13,18-19H,3-4,7-10,14-17H2,1-2H3. The minimum Gasteiger partial charge on any atom is -0.490 e. The second kappa shape index (κ2) is 10.2. The van der Waals surface area contributed by atoms with Crippen LogP contribution in [0.25, 0.3) is 11.4 Å². The van der Waals surface area contributed by atoms with Crippen molar-refractivity contribution in [3.05, 3.63) is 42.0 Å². The molecule has 5 nitrogen and oxygen atoms in total. The fraction of sp³-hybridized carbons (Fsp3) is 0.600. The maximum atomic E-state index is 14.4. The van der Waals surface area contributed by atoms with Crippen LogP contribution in [-0.4, -0.2) is 53.4 Å². The van der Waals surface area contributed by atoms with E-state index in [-0.39, 0.29) is 5.82 Å². The molecule has 174 valence electrons. The summed E-state index contributed by atoms with van der Waals surface area (Å²) in [5.41, 5.74) is 0.0220. The van der Waals surface area contributed by atoms with Gasteiger partial charge in [0.1, 0.15) is 11.5 Å². The molecule has 1 aliphatic carbocycles. The van der Waals surface area contributed by atoms with Gasteiger partial charge in [-0.3, -0.25) is 0 Å². The van der Waals surface area contributed by atoms with Gasteiger partial charge in [0.05, 0.1) is 25.6 Å². The average Bonchev–Trinajstić information content (AvgIpc) is 3.58. The van der Waals surface area contributed by atoms with E-state index in [4.69, 9.17) is 9.47 Å². The smallest absolute Gasteiger partial charge is 0.159 e. The molecule has 32 heavy (non-hydrogen) atoms. The Balaban J connectivity index is 1.24. The molecule has 4 rings (SSSR count). The van der Waals surface area contributed by atoms with Crippen molar-refractivity contribution in [3.63, 3.8) is 0 Å². The lowest BCUT2D eigenvalue weighted by atomic mass is 9.97. The highest BCUT2D eigenvalue weighted by atomic mass is 19.1.